The van der Waals surface area contributed by atoms with Crippen molar-refractivity contribution >= 4 is 0 Å². The summed E-state index contributed by atoms with van der Waals surface area (Å²) in [7, 11) is 0. The van der Waals surface area contributed by atoms with Gasteiger partial charge in [0.1, 0.15) is 0 Å². The third kappa shape index (κ3) is 2.28. The highest BCUT2D eigenvalue weighted by atomic mass is 16.1. The molecule has 0 aliphatic rings. The first kappa shape index (κ1) is 9.58. The Bertz CT molecular complexity index is 519. The van der Waals surface area contributed by atoms with Crippen LogP contribution in [0.25, 0.3) is 0 Å². The molecule has 2 rings (SSSR count). The zero-order valence-corrected chi connectivity index (χ0v) is 8.42. The summed E-state index contributed by atoms with van der Waals surface area (Å²) >= 11 is 0. The van der Waals surface area contributed by atoms with Gasteiger partial charge in [0.25, 0.3) is 5.56 Å². The molecule has 0 aliphatic carbocycles. The highest BCUT2D eigenvalue weighted by Crippen LogP contribution is 1.99. The molecule has 0 saturated heterocycles. The fourth-order valence-electron chi connectivity index (χ4n) is 1.36. The fraction of sp³-hybridized carbons (Fsp3) is 0.182. The Labute approximate surface area is 87.2 Å². The second-order valence-corrected chi connectivity index (χ2v) is 3.32. The van der Waals surface area contributed by atoms with Crippen LogP contribution in [-0.4, -0.2) is 14.5 Å². The van der Waals surface area contributed by atoms with Crippen LogP contribution < -0.4 is 5.56 Å². The van der Waals surface area contributed by atoms with Gasteiger partial charge in [-0.15, -0.1) is 0 Å². The lowest BCUT2D eigenvalue weighted by Gasteiger charge is -2.03. The zero-order chi connectivity index (χ0) is 10.7. The van der Waals surface area contributed by atoms with Crippen molar-refractivity contribution in [1.82, 2.24) is 14.5 Å². The van der Waals surface area contributed by atoms with Crippen LogP contribution in [0.1, 0.15) is 11.4 Å². The van der Waals surface area contributed by atoms with E-state index in [1.807, 2.05) is 25.1 Å². The van der Waals surface area contributed by atoms with E-state index in [0.29, 0.717) is 6.54 Å². The van der Waals surface area contributed by atoms with Gasteiger partial charge in [-0.2, -0.15) is 0 Å². The maximum absolute atomic E-state index is 11.4. The van der Waals surface area contributed by atoms with Gasteiger partial charge >= 0.3 is 0 Å². The van der Waals surface area contributed by atoms with Crippen LogP contribution >= 0.6 is 0 Å². The van der Waals surface area contributed by atoms with Crippen molar-refractivity contribution in [2.45, 2.75) is 13.5 Å². The maximum atomic E-state index is 11.4. The Hall–Kier alpha value is -1.97. The summed E-state index contributed by atoms with van der Waals surface area (Å²) < 4.78 is 1.53. The van der Waals surface area contributed by atoms with E-state index in [2.05, 4.69) is 9.97 Å². The average Bonchev–Trinajstić information content (AvgIpc) is 2.22. The van der Waals surface area contributed by atoms with Crippen LogP contribution in [-0.2, 0) is 6.54 Å². The van der Waals surface area contributed by atoms with E-state index < -0.39 is 0 Å². The molecule has 2 heterocycles. The number of hydrogen-bond donors (Lipinski definition) is 0. The molecule has 0 atom stereocenters. The van der Waals surface area contributed by atoms with Crippen LogP contribution in [0.2, 0.25) is 0 Å². The van der Waals surface area contributed by atoms with E-state index >= 15 is 0 Å². The SMILES string of the molecule is Cc1cccc(Cn2cnccc2=O)n1. The van der Waals surface area contributed by atoms with Crippen molar-refractivity contribution in [3.8, 4) is 0 Å². The summed E-state index contributed by atoms with van der Waals surface area (Å²) in [6.45, 7) is 2.39. The second kappa shape index (κ2) is 4.04. The number of hydrogen-bond acceptors (Lipinski definition) is 3. The minimum atomic E-state index is -0.0618. The zero-order valence-electron chi connectivity index (χ0n) is 8.42. The van der Waals surface area contributed by atoms with Gasteiger partial charge in [0.15, 0.2) is 0 Å². The Morgan fingerprint density at radius 3 is 2.93 bits per heavy atom. The molecular formula is C11H11N3O. The molecule has 4 heteroatoms. The van der Waals surface area contributed by atoms with Crippen molar-refractivity contribution in [3.05, 3.63) is 58.5 Å². The summed E-state index contributed by atoms with van der Waals surface area (Å²) in [4.78, 5) is 19.6. The third-order valence-corrected chi connectivity index (χ3v) is 2.07. The molecule has 4 nitrogen and oxygen atoms in total. The Morgan fingerprint density at radius 1 is 1.33 bits per heavy atom. The first-order valence-electron chi connectivity index (χ1n) is 4.69. The molecule has 2 aromatic heterocycles. The van der Waals surface area contributed by atoms with Crippen molar-refractivity contribution in [1.29, 1.82) is 0 Å². The molecule has 0 unspecified atom stereocenters. The van der Waals surface area contributed by atoms with E-state index in [9.17, 15) is 4.79 Å². The molecule has 0 saturated carbocycles. The molecule has 0 amide bonds. The van der Waals surface area contributed by atoms with Crippen molar-refractivity contribution in [2.75, 3.05) is 0 Å². The van der Waals surface area contributed by atoms with E-state index in [1.54, 1.807) is 0 Å². The van der Waals surface area contributed by atoms with Crippen molar-refractivity contribution in [2.24, 2.45) is 0 Å². The molecule has 0 radical (unpaired) electrons. The Kier molecular flexibility index (Phi) is 2.58. The molecular weight excluding hydrogens is 190 g/mol. The lowest BCUT2D eigenvalue weighted by molar-refractivity contribution is 0.716. The number of aryl methyl sites for hydroxylation is 1. The van der Waals surface area contributed by atoms with Gasteiger partial charge < -0.3 is 0 Å². The predicted octanol–water partition coefficient (Wildman–Crippen LogP) is 0.995. The van der Waals surface area contributed by atoms with Crippen molar-refractivity contribution in [3.63, 3.8) is 0 Å². The molecule has 0 spiro atoms. The smallest absolute Gasteiger partial charge is 0.253 e. The highest BCUT2D eigenvalue weighted by Gasteiger charge is 1.98. The normalized spacial score (nSPS) is 10.2. The topological polar surface area (TPSA) is 47.8 Å². The van der Waals surface area contributed by atoms with E-state index in [0.717, 1.165) is 11.4 Å². The van der Waals surface area contributed by atoms with Gasteiger partial charge in [0, 0.05) is 18.0 Å². The van der Waals surface area contributed by atoms with Crippen LogP contribution in [0, 0.1) is 6.92 Å². The lowest BCUT2D eigenvalue weighted by atomic mass is 10.3. The molecule has 76 valence electrons. The average molecular weight is 201 g/mol. The predicted molar refractivity (Wildman–Crippen MR) is 56.6 cm³/mol. The van der Waals surface area contributed by atoms with E-state index in [4.69, 9.17) is 0 Å². The van der Waals surface area contributed by atoms with Gasteiger partial charge in [-0.3, -0.25) is 14.3 Å². The maximum Gasteiger partial charge on any atom is 0.253 e. The van der Waals surface area contributed by atoms with Gasteiger partial charge in [-0.05, 0) is 19.1 Å². The van der Waals surface area contributed by atoms with Gasteiger partial charge in [-0.25, -0.2) is 4.98 Å². The lowest BCUT2D eigenvalue weighted by Crippen LogP contribution is -2.19. The standard InChI is InChI=1S/C11H11N3O/c1-9-3-2-4-10(13-9)7-14-8-12-6-5-11(14)15/h2-6,8H,7H2,1H3. The largest absolute Gasteiger partial charge is 0.293 e. The summed E-state index contributed by atoms with van der Waals surface area (Å²) in [5.74, 6) is 0. The van der Waals surface area contributed by atoms with Gasteiger partial charge in [0.05, 0.1) is 18.6 Å². The quantitative estimate of drug-likeness (QED) is 0.728. The van der Waals surface area contributed by atoms with Crippen LogP contribution in [0.4, 0.5) is 0 Å². The molecule has 0 N–H and O–H groups in total. The molecule has 0 fully saturated rings. The highest BCUT2D eigenvalue weighted by molar-refractivity contribution is 5.10. The minimum absolute atomic E-state index is 0.0618. The molecule has 0 aromatic carbocycles. The minimum Gasteiger partial charge on any atom is -0.293 e. The molecule has 2 aromatic rings. The summed E-state index contributed by atoms with van der Waals surface area (Å²) in [6.07, 6.45) is 3.01. The molecule has 0 aliphatic heterocycles. The van der Waals surface area contributed by atoms with Gasteiger partial charge in [0.2, 0.25) is 0 Å². The molecule has 0 bridgehead atoms. The van der Waals surface area contributed by atoms with Crippen LogP contribution in [0.15, 0.2) is 41.6 Å². The van der Waals surface area contributed by atoms with Gasteiger partial charge in [-0.1, -0.05) is 6.07 Å². The fourth-order valence-corrected chi connectivity index (χ4v) is 1.36. The first-order valence-corrected chi connectivity index (χ1v) is 4.69. The summed E-state index contributed by atoms with van der Waals surface area (Å²) in [5, 5.41) is 0. The third-order valence-electron chi connectivity index (χ3n) is 2.07. The van der Waals surface area contributed by atoms with E-state index in [1.165, 1.54) is 23.2 Å². The first-order chi connectivity index (χ1) is 7.25. The monoisotopic (exact) mass is 201 g/mol. The van der Waals surface area contributed by atoms with Crippen molar-refractivity contribution < 1.29 is 0 Å². The molecule has 15 heavy (non-hydrogen) atoms. The number of rotatable bonds is 2. The second-order valence-electron chi connectivity index (χ2n) is 3.32. The number of aromatic nitrogens is 3. The summed E-state index contributed by atoms with van der Waals surface area (Å²) in [6, 6.07) is 7.19. The Balaban J connectivity index is 2.30. The van der Waals surface area contributed by atoms with E-state index in [-0.39, 0.29) is 5.56 Å². The summed E-state index contributed by atoms with van der Waals surface area (Å²) in [5.41, 5.74) is 1.75. The number of pyridine rings is 1. The van der Waals surface area contributed by atoms with Crippen LogP contribution in [0.5, 0.6) is 0 Å². The number of nitrogens with zero attached hydrogens (tertiary/aromatic N) is 3. The van der Waals surface area contributed by atoms with Crippen LogP contribution in [0.3, 0.4) is 0 Å². The Morgan fingerprint density at radius 2 is 2.20 bits per heavy atom.